The van der Waals surface area contributed by atoms with E-state index in [-0.39, 0.29) is 11.5 Å². The number of nitrogens with zero attached hydrogens (tertiary/aromatic N) is 2. The first kappa shape index (κ1) is 13.8. The summed E-state index contributed by atoms with van der Waals surface area (Å²) in [5.41, 5.74) is 5.38. The highest BCUT2D eigenvalue weighted by atomic mass is 32.2. The maximum absolute atomic E-state index is 12.1. The molecule has 1 rings (SSSR count). The van der Waals surface area contributed by atoms with Crippen molar-refractivity contribution in [1.29, 1.82) is 0 Å². The number of likely N-dealkylation sites (N-methyl/N-ethyl adjacent to an activating group) is 1. The van der Waals surface area contributed by atoms with Gasteiger partial charge in [0.1, 0.15) is 0 Å². The van der Waals surface area contributed by atoms with Crippen molar-refractivity contribution >= 4 is 27.4 Å². The highest BCUT2D eigenvalue weighted by Gasteiger charge is 2.30. The largest absolute Gasteiger partial charge is 0.392 e. The van der Waals surface area contributed by atoms with Crippen LogP contribution in [0.15, 0.2) is 0 Å². The average Bonchev–Trinajstić information content (AvgIpc) is 2.26. The van der Waals surface area contributed by atoms with E-state index in [0.717, 1.165) is 0 Å². The Bertz CT molecular complexity index is 338. The topological polar surface area (TPSA) is 75.9 Å². The Labute approximate surface area is 102 Å². The van der Waals surface area contributed by atoms with Crippen LogP contribution in [-0.2, 0) is 14.9 Å². The Morgan fingerprint density at radius 3 is 2.50 bits per heavy atom. The van der Waals surface area contributed by atoms with Crippen LogP contribution in [0.25, 0.3) is 0 Å². The molecular formula is C8H17N3O3S2. The van der Waals surface area contributed by atoms with E-state index in [1.54, 1.807) is 6.92 Å². The summed E-state index contributed by atoms with van der Waals surface area (Å²) in [4.78, 5) is 0.179. The van der Waals surface area contributed by atoms with E-state index in [9.17, 15) is 8.42 Å². The number of hydrogen-bond donors (Lipinski definition) is 1. The number of nitrogens with two attached hydrogens (primary N) is 1. The molecule has 1 saturated heterocycles. The summed E-state index contributed by atoms with van der Waals surface area (Å²) in [5.74, 6) is 0. The zero-order valence-corrected chi connectivity index (χ0v) is 10.9. The number of thiocarbonyl (C=S) groups is 1. The van der Waals surface area contributed by atoms with Crippen molar-refractivity contribution < 1.29 is 13.2 Å². The second-order valence-electron chi connectivity index (χ2n) is 3.41. The fourth-order valence-electron chi connectivity index (χ4n) is 1.47. The summed E-state index contributed by atoms with van der Waals surface area (Å²) < 4.78 is 32.1. The molecular weight excluding hydrogens is 250 g/mol. The van der Waals surface area contributed by atoms with Gasteiger partial charge in [0, 0.05) is 19.6 Å². The van der Waals surface area contributed by atoms with Crippen molar-refractivity contribution in [2.45, 2.75) is 6.92 Å². The first-order valence-corrected chi connectivity index (χ1v) is 6.90. The van der Waals surface area contributed by atoms with Crippen LogP contribution in [0.3, 0.4) is 0 Å². The van der Waals surface area contributed by atoms with Crippen LogP contribution in [-0.4, -0.2) is 61.4 Å². The first-order chi connectivity index (χ1) is 7.48. The minimum atomic E-state index is -3.45. The minimum absolute atomic E-state index is 0.0888. The van der Waals surface area contributed by atoms with Crippen LogP contribution in [0.5, 0.6) is 0 Å². The number of morpholine rings is 1. The summed E-state index contributed by atoms with van der Waals surface area (Å²) in [6, 6.07) is 0. The minimum Gasteiger partial charge on any atom is -0.392 e. The molecule has 1 aliphatic rings. The fourth-order valence-corrected chi connectivity index (χ4v) is 3.27. The molecule has 0 aromatic carbocycles. The summed E-state index contributed by atoms with van der Waals surface area (Å²) in [7, 11) is -3.45. The predicted molar refractivity (Wildman–Crippen MR) is 65.3 cm³/mol. The lowest BCUT2D eigenvalue weighted by molar-refractivity contribution is 0.0705. The van der Waals surface area contributed by atoms with Gasteiger partial charge in [-0.2, -0.15) is 17.0 Å². The van der Waals surface area contributed by atoms with Gasteiger partial charge in [0.05, 0.1) is 24.7 Å². The van der Waals surface area contributed by atoms with Crippen molar-refractivity contribution in [3.63, 3.8) is 0 Å². The van der Waals surface area contributed by atoms with Gasteiger partial charge in [0.2, 0.25) is 0 Å². The molecule has 0 radical (unpaired) electrons. The third kappa shape index (κ3) is 3.36. The zero-order chi connectivity index (χ0) is 12.2. The summed E-state index contributed by atoms with van der Waals surface area (Å²) in [6.07, 6.45) is 0. The van der Waals surface area contributed by atoms with Gasteiger partial charge in [-0.25, -0.2) is 0 Å². The second-order valence-corrected chi connectivity index (χ2v) is 5.86. The molecule has 8 heteroatoms. The van der Waals surface area contributed by atoms with E-state index in [1.807, 2.05) is 0 Å². The van der Waals surface area contributed by atoms with Crippen LogP contribution in [0.4, 0.5) is 0 Å². The molecule has 1 aliphatic heterocycles. The fraction of sp³-hybridized carbons (Fsp3) is 0.875. The molecule has 6 nitrogen and oxygen atoms in total. The van der Waals surface area contributed by atoms with Gasteiger partial charge in [-0.1, -0.05) is 19.1 Å². The average molecular weight is 267 g/mol. The lowest BCUT2D eigenvalue weighted by Crippen LogP contribution is -2.50. The Morgan fingerprint density at radius 2 is 2.06 bits per heavy atom. The molecule has 0 aromatic rings. The number of hydrogen-bond acceptors (Lipinski definition) is 4. The highest BCUT2D eigenvalue weighted by molar-refractivity contribution is 7.87. The normalized spacial score (nSPS) is 18.9. The molecule has 0 aliphatic carbocycles. The van der Waals surface area contributed by atoms with E-state index >= 15 is 0 Å². The molecule has 1 fully saturated rings. The van der Waals surface area contributed by atoms with Gasteiger partial charge in [-0.15, -0.1) is 0 Å². The van der Waals surface area contributed by atoms with E-state index in [2.05, 4.69) is 0 Å². The van der Waals surface area contributed by atoms with E-state index in [0.29, 0.717) is 32.8 Å². The lowest BCUT2D eigenvalue weighted by Gasteiger charge is -2.31. The molecule has 0 bridgehead atoms. The van der Waals surface area contributed by atoms with Crippen molar-refractivity contribution in [2.75, 3.05) is 39.4 Å². The Hall–Kier alpha value is -0.280. The van der Waals surface area contributed by atoms with E-state index < -0.39 is 10.2 Å². The van der Waals surface area contributed by atoms with Gasteiger partial charge in [-0.05, 0) is 0 Å². The maximum Gasteiger partial charge on any atom is 0.282 e. The van der Waals surface area contributed by atoms with Gasteiger partial charge in [0.25, 0.3) is 10.2 Å². The third-order valence-electron chi connectivity index (χ3n) is 2.31. The van der Waals surface area contributed by atoms with Crippen LogP contribution < -0.4 is 5.73 Å². The smallest absolute Gasteiger partial charge is 0.282 e. The molecule has 0 unspecified atom stereocenters. The number of rotatable bonds is 5. The quantitative estimate of drug-likeness (QED) is 0.658. The standard InChI is InChI=1S/C8H17N3O3S2/c1-2-10(7-8(9)15)16(12,13)11-3-5-14-6-4-11/h2-7H2,1H3,(H2,9,15). The summed E-state index contributed by atoms with van der Waals surface area (Å²) in [5, 5.41) is 0. The van der Waals surface area contributed by atoms with Crippen molar-refractivity contribution in [3.05, 3.63) is 0 Å². The highest BCUT2D eigenvalue weighted by Crippen LogP contribution is 2.10. The van der Waals surface area contributed by atoms with E-state index in [1.165, 1.54) is 8.61 Å². The predicted octanol–water partition coefficient (Wildman–Crippen LogP) is -0.829. The van der Waals surface area contributed by atoms with Crippen LogP contribution in [0, 0.1) is 0 Å². The Kier molecular flexibility index (Phi) is 5.06. The SMILES string of the molecule is CCN(CC(N)=S)S(=O)(=O)N1CCOCC1. The second kappa shape index (κ2) is 5.87. The molecule has 94 valence electrons. The van der Waals surface area contributed by atoms with Gasteiger partial charge in [-0.3, -0.25) is 0 Å². The first-order valence-electron chi connectivity index (χ1n) is 5.09. The lowest BCUT2D eigenvalue weighted by atomic mass is 10.5. The molecule has 0 aromatic heterocycles. The molecule has 16 heavy (non-hydrogen) atoms. The van der Waals surface area contributed by atoms with Gasteiger partial charge < -0.3 is 10.5 Å². The molecule has 1 heterocycles. The molecule has 0 amide bonds. The Morgan fingerprint density at radius 1 is 1.50 bits per heavy atom. The maximum atomic E-state index is 12.1. The van der Waals surface area contributed by atoms with E-state index in [4.69, 9.17) is 22.7 Å². The summed E-state index contributed by atoms with van der Waals surface area (Å²) >= 11 is 4.74. The van der Waals surface area contributed by atoms with Crippen molar-refractivity contribution in [2.24, 2.45) is 5.73 Å². The molecule has 2 N–H and O–H groups in total. The van der Waals surface area contributed by atoms with Crippen LogP contribution in [0.1, 0.15) is 6.92 Å². The van der Waals surface area contributed by atoms with Gasteiger partial charge in [0.15, 0.2) is 0 Å². The van der Waals surface area contributed by atoms with Crippen LogP contribution in [0.2, 0.25) is 0 Å². The van der Waals surface area contributed by atoms with Crippen molar-refractivity contribution in [1.82, 2.24) is 8.61 Å². The molecule has 0 atom stereocenters. The summed E-state index contributed by atoms with van der Waals surface area (Å²) in [6.45, 7) is 3.85. The monoisotopic (exact) mass is 267 g/mol. The molecule has 0 saturated carbocycles. The Balaban J connectivity index is 2.76. The van der Waals surface area contributed by atoms with Gasteiger partial charge >= 0.3 is 0 Å². The van der Waals surface area contributed by atoms with Crippen molar-refractivity contribution in [3.8, 4) is 0 Å². The van der Waals surface area contributed by atoms with Crippen LogP contribution >= 0.6 is 12.2 Å². The molecule has 0 spiro atoms. The third-order valence-corrected chi connectivity index (χ3v) is 4.49. The zero-order valence-electron chi connectivity index (χ0n) is 9.26. The number of ether oxygens (including phenoxy) is 1.